The van der Waals surface area contributed by atoms with E-state index in [1.807, 2.05) is 0 Å². The average Bonchev–Trinajstić information content (AvgIpc) is 2.93. The summed E-state index contributed by atoms with van der Waals surface area (Å²) in [6, 6.07) is 3.12. The number of carboxylic acid groups (broad SMARTS) is 1. The van der Waals surface area contributed by atoms with Gasteiger partial charge in [-0.1, -0.05) is 0 Å². The van der Waals surface area contributed by atoms with Crippen LogP contribution in [0.4, 0.5) is 0 Å². The standard InChI is InChI=1S/C12H9N3O3/c1-15-6-7(5-14-15)10-4-9-11(18-10)8(12(16)17)2-3-13-9/h2-6H,1H3,(H,16,17). The molecule has 0 unspecified atom stereocenters. The lowest BCUT2D eigenvalue weighted by molar-refractivity contribution is 0.0698. The Bertz CT molecular complexity index is 742. The molecule has 0 aromatic carbocycles. The monoisotopic (exact) mass is 243 g/mol. The van der Waals surface area contributed by atoms with Gasteiger partial charge in [0, 0.05) is 25.5 Å². The van der Waals surface area contributed by atoms with Gasteiger partial charge in [-0.3, -0.25) is 9.67 Å². The summed E-state index contributed by atoms with van der Waals surface area (Å²) in [5, 5.41) is 13.1. The van der Waals surface area contributed by atoms with Crippen molar-refractivity contribution in [1.29, 1.82) is 0 Å². The molecule has 0 radical (unpaired) electrons. The fraction of sp³-hybridized carbons (Fsp3) is 0.0833. The second kappa shape index (κ2) is 3.69. The molecule has 0 saturated heterocycles. The molecule has 1 N–H and O–H groups in total. The van der Waals surface area contributed by atoms with Gasteiger partial charge in [-0.05, 0) is 6.07 Å². The predicted octanol–water partition coefficient (Wildman–Crippen LogP) is 1.93. The summed E-state index contributed by atoms with van der Waals surface area (Å²) >= 11 is 0. The highest BCUT2D eigenvalue weighted by Gasteiger charge is 2.15. The summed E-state index contributed by atoms with van der Waals surface area (Å²) in [6.45, 7) is 0. The van der Waals surface area contributed by atoms with Crippen LogP contribution in [0.3, 0.4) is 0 Å². The SMILES string of the molecule is Cn1cc(-c2cc3nccc(C(=O)O)c3o2)cn1. The lowest BCUT2D eigenvalue weighted by Gasteiger charge is -1.93. The largest absolute Gasteiger partial charge is 0.478 e. The van der Waals surface area contributed by atoms with E-state index in [-0.39, 0.29) is 11.1 Å². The van der Waals surface area contributed by atoms with Crippen molar-refractivity contribution in [2.75, 3.05) is 0 Å². The van der Waals surface area contributed by atoms with Gasteiger partial charge in [0.15, 0.2) is 5.58 Å². The molecule has 0 atom stereocenters. The highest BCUT2D eigenvalue weighted by Crippen LogP contribution is 2.28. The van der Waals surface area contributed by atoms with E-state index in [0.29, 0.717) is 11.3 Å². The number of aromatic nitrogens is 3. The molecule has 0 bridgehead atoms. The zero-order valence-electron chi connectivity index (χ0n) is 9.49. The maximum atomic E-state index is 11.1. The number of carbonyl (C=O) groups is 1. The first-order valence-electron chi connectivity index (χ1n) is 5.26. The van der Waals surface area contributed by atoms with Gasteiger partial charge in [-0.25, -0.2) is 4.79 Å². The number of aromatic carboxylic acids is 1. The molecular weight excluding hydrogens is 234 g/mol. The second-order valence-electron chi connectivity index (χ2n) is 3.89. The van der Waals surface area contributed by atoms with Crippen LogP contribution in [-0.2, 0) is 7.05 Å². The molecule has 3 heterocycles. The van der Waals surface area contributed by atoms with E-state index in [0.717, 1.165) is 5.56 Å². The molecular formula is C12H9N3O3. The fourth-order valence-corrected chi connectivity index (χ4v) is 1.80. The number of hydrogen-bond acceptors (Lipinski definition) is 4. The molecule has 0 amide bonds. The number of pyridine rings is 1. The van der Waals surface area contributed by atoms with E-state index >= 15 is 0 Å². The van der Waals surface area contributed by atoms with Crippen LogP contribution in [-0.4, -0.2) is 25.8 Å². The second-order valence-corrected chi connectivity index (χ2v) is 3.89. The molecule has 0 aliphatic heterocycles. The van der Waals surface area contributed by atoms with E-state index < -0.39 is 5.97 Å². The van der Waals surface area contributed by atoms with Gasteiger partial charge in [-0.2, -0.15) is 5.10 Å². The van der Waals surface area contributed by atoms with E-state index in [4.69, 9.17) is 9.52 Å². The van der Waals surface area contributed by atoms with Crippen LogP contribution in [0.25, 0.3) is 22.4 Å². The van der Waals surface area contributed by atoms with Crippen LogP contribution in [0.1, 0.15) is 10.4 Å². The highest BCUT2D eigenvalue weighted by atomic mass is 16.4. The van der Waals surface area contributed by atoms with Crippen LogP contribution in [0, 0.1) is 0 Å². The molecule has 6 heteroatoms. The lowest BCUT2D eigenvalue weighted by Crippen LogP contribution is -1.96. The Labute approximate surface area is 101 Å². The van der Waals surface area contributed by atoms with Crippen molar-refractivity contribution < 1.29 is 14.3 Å². The molecule has 0 aliphatic carbocycles. The van der Waals surface area contributed by atoms with E-state index in [9.17, 15) is 4.79 Å². The summed E-state index contributed by atoms with van der Waals surface area (Å²) < 4.78 is 7.21. The third-order valence-corrected chi connectivity index (χ3v) is 2.63. The van der Waals surface area contributed by atoms with Crippen molar-refractivity contribution in [2.24, 2.45) is 7.05 Å². The van der Waals surface area contributed by atoms with Crippen molar-refractivity contribution in [2.45, 2.75) is 0 Å². The predicted molar refractivity (Wildman–Crippen MR) is 63.2 cm³/mol. The van der Waals surface area contributed by atoms with Crippen LogP contribution in [0.15, 0.2) is 35.1 Å². The van der Waals surface area contributed by atoms with Gasteiger partial charge >= 0.3 is 5.97 Å². The number of fused-ring (bicyclic) bond motifs is 1. The van der Waals surface area contributed by atoms with Crippen molar-refractivity contribution in [3.05, 3.63) is 36.3 Å². The molecule has 18 heavy (non-hydrogen) atoms. The number of carboxylic acids is 1. The maximum absolute atomic E-state index is 11.1. The minimum absolute atomic E-state index is 0.107. The first-order chi connectivity index (χ1) is 8.65. The maximum Gasteiger partial charge on any atom is 0.339 e. The molecule has 0 spiro atoms. The Morgan fingerprint density at radius 2 is 2.33 bits per heavy atom. The Balaban J connectivity index is 2.22. The fourth-order valence-electron chi connectivity index (χ4n) is 1.80. The molecule has 90 valence electrons. The van der Waals surface area contributed by atoms with Crippen LogP contribution in [0.2, 0.25) is 0 Å². The molecule has 0 aliphatic rings. The third-order valence-electron chi connectivity index (χ3n) is 2.63. The molecule has 6 nitrogen and oxygen atoms in total. The molecule has 3 aromatic heterocycles. The normalized spacial score (nSPS) is 10.9. The van der Waals surface area contributed by atoms with E-state index in [1.165, 1.54) is 12.3 Å². The zero-order valence-corrected chi connectivity index (χ0v) is 9.49. The van der Waals surface area contributed by atoms with Gasteiger partial charge in [-0.15, -0.1) is 0 Å². The first kappa shape index (κ1) is 10.5. The number of hydrogen-bond donors (Lipinski definition) is 1. The smallest absolute Gasteiger partial charge is 0.339 e. The van der Waals surface area contributed by atoms with Crippen molar-refractivity contribution in [1.82, 2.24) is 14.8 Å². The van der Waals surface area contributed by atoms with Crippen LogP contribution >= 0.6 is 0 Å². The molecule has 3 rings (SSSR count). The van der Waals surface area contributed by atoms with Gasteiger partial charge in [0.2, 0.25) is 0 Å². The lowest BCUT2D eigenvalue weighted by atomic mass is 10.2. The van der Waals surface area contributed by atoms with E-state index in [2.05, 4.69) is 10.1 Å². The zero-order chi connectivity index (χ0) is 12.7. The minimum atomic E-state index is -1.03. The summed E-state index contributed by atoms with van der Waals surface area (Å²) in [5.41, 5.74) is 1.69. The molecule has 3 aromatic rings. The quantitative estimate of drug-likeness (QED) is 0.743. The summed E-state index contributed by atoms with van der Waals surface area (Å²) in [7, 11) is 1.80. The van der Waals surface area contributed by atoms with Gasteiger partial charge in [0.25, 0.3) is 0 Å². The highest BCUT2D eigenvalue weighted by molar-refractivity contribution is 6.00. The Kier molecular flexibility index (Phi) is 2.16. The topological polar surface area (TPSA) is 81.2 Å². The number of nitrogens with zero attached hydrogens (tertiary/aromatic N) is 3. The Hall–Kier alpha value is -2.63. The Morgan fingerprint density at radius 1 is 1.50 bits per heavy atom. The van der Waals surface area contributed by atoms with Crippen LogP contribution < -0.4 is 0 Å². The molecule has 0 fully saturated rings. The minimum Gasteiger partial charge on any atom is -0.478 e. The first-order valence-corrected chi connectivity index (χ1v) is 5.26. The van der Waals surface area contributed by atoms with Gasteiger partial charge < -0.3 is 9.52 Å². The number of aryl methyl sites for hydroxylation is 1. The van der Waals surface area contributed by atoms with E-state index in [1.54, 1.807) is 30.2 Å². The molecule has 0 saturated carbocycles. The van der Waals surface area contributed by atoms with Crippen molar-refractivity contribution >= 4 is 17.1 Å². The summed E-state index contributed by atoms with van der Waals surface area (Å²) in [4.78, 5) is 15.2. The van der Waals surface area contributed by atoms with Gasteiger partial charge in [0.1, 0.15) is 16.8 Å². The van der Waals surface area contributed by atoms with Crippen molar-refractivity contribution in [3.8, 4) is 11.3 Å². The number of rotatable bonds is 2. The van der Waals surface area contributed by atoms with Crippen molar-refractivity contribution in [3.63, 3.8) is 0 Å². The summed E-state index contributed by atoms with van der Waals surface area (Å²) in [5.74, 6) is -0.478. The van der Waals surface area contributed by atoms with Gasteiger partial charge in [0.05, 0.1) is 11.8 Å². The average molecular weight is 243 g/mol. The third kappa shape index (κ3) is 1.55. The summed E-state index contributed by atoms with van der Waals surface area (Å²) in [6.07, 6.45) is 4.89. The Morgan fingerprint density at radius 3 is 3.00 bits per heavy atom. The number of furan rings is 1. The van der Waals surface area contributed by atoms with Crippen LogP contribution in [0.5, 0.6) is 0 Å².